The van der Waals surface area contributed by atoms with Crippen LogP contribution in [0.25, 0.3) is 0 Å². The lowest BCUT2D eigenvalue weighted by molar-refractivity contribution is -0.140. The zero-order chi connectivity index (χ0) is 15.5. The molecule has 6 heteroatoms. The number of aromatic nitrogens is 1. The summed E-state index contributed by atoms with van der Waals surface area (Å²) < 4.78 is 50.9. The standard InChI is InChI=1S/C15H11F4NO/c16-13-5-4-11(8-12(13)15(17,18)19)14(21)6-3-10-2-1-7-20-9-10/h1-2,4-5,7-9H,3,6H2. The van der Waals surface area contributed by atoms with Gasteiger partial charge in [-0.3, -0.25) is 9.78 Å². The van der Waals surface area contributed by atoms with Crippen molar-refractivity contribution < 1.29 is 22.4 Å². The number of halogens is 4. The number of nitrogens with zero attached hydrogens (tertiary/aromatic N) is 1. The van der Waals surface area contributed by atoms with E-state index < -0.39 is 23.3 Å². The third-order valence-corrected chi connectivity index (χ3v) is 2.96. The van der Waals surface area contributed by atoms with Crippen LogP contribution in [0, 0.1) is 5.82 Å². The van der Waals surface area contributed by atoms with Gasteiger partial charge in [-0.1, -0.05) is 6.07 Å². The highest BCUT2D eigenvalue weighted by Gasteiger charge is 2.34. The second-order valence-corrected chi connectivity index (χ2v) is 4.48. The van der Waals surface area contributed by atoms with Gasteiger partial charge in [0.15, 0.2) is 5.78 Å². The maximum absolute atomic E-state index is 13.1. The Bertz CT molecular complexity index is 638. The Labute approximate surface area is 118 Å². The molecule has 110 valence electrons. The van der Waals surface area contributed by atoms with Gasteiger partial charge in [0.05, 0.1) is 5.56 Å². The second kappa shape index (κ2) is 6.03. The van der Waals surface area contributed by atoms with Crippen LogP contribution < -0.4 is 0 Å². The van der Waals surface area contributed by atoms with Gasteiger partial charge in [0.2, 0.25) is 0 Å². The smallest absolute Gasteiger partial charge is 0.294 e. The minimum atomic E-state index is -4.82. The van der Waals surface area contributed by atoms with E-state index in [-0.39, 0.29) is 12.0 Å². The van der Waals surface area contributed by atoms with Crippen molar-refractivity contribution in [3.05, 3.63) is 65.2 Å². The zero-order valence-corrected chi connectivity index (χ0v) is 10.8. The van der Waals surface area contributed by atoms with Gasteiger partial charge in [-0.05, 0) is 36.2 Å². The highest BCUT2D eigenvalue weighted by Crippen LogP contribution is 2.32. The quantitative estimate of drug-likeness (QED) is 0.629. The molecule has 2 aromatic rings. The monoisotopic (exact) mass is 297 g/mol. The molecule has 0 amide bonds. The van der Waals surface area contributed by atoms with Gasteiger partial charge in [0, 0.05) is 24.4 Å². The molecule has 0 aliphatic rings. The third-order valence-electron chi connectivity index (χ3n) is 2.96. The van der Waals surface area contributed by atoms with Crippen LogP contribution in [0.5, 0.6) is 0 Å². The summed E-state index contributed by atoms with van der Waals surface area (Å²) in [6, 6.07) is 5.77. The summed E-state index contributed by atoms with van der Waals surface area (Å²) in [6.45, 7) is 0. The van der Waals surface area contributed by atoms with Crippen LogP contribution in [-0.4, -0.2) is 10.8 Å². The van der Waals surface area contributed by atoms with Crippen molar-refractivity contribution in [2.75, 3.05) is 0 Å². The number of benzene rings is 1. The van der Waals surface area contributed by atoms with Crippen LogP contribution in [0.3, 0.4) is 0 Å². The molecular formula is C15H11F4NO. The third kappa shape index (κ3) is 3.87. The number of hydrogen-bond acceptors (Lipinski definition) is 2. The summed E-state index contributed by atoms with van der Waals surface area (Å²) in [5.74, 6) is -1.85. The van der Waals surface area contributed by atoms with Crippen LogP contribution in [0.1, 0.15) is 27.9 Å². The average Bonchev–Trinajstić information content (AvgIpc) is 2.45. The Balaban J connectivity index is 2.13. The van der Waals surface area contributed by atoms with E-state index in [4.69, 9.17) is 0 Å². The normalized spacial score (nSPS) is 11.4. The summed E-state index contributed by atoms with van der Waals surface area (Å²) in [6.07, 6.45) is -1.25. The van der Waals surface area contributed by atoms with Crippen LogP contribution in [0.15, 0.2) is 42.7 Å². The van der Waals surface area contributed by atoms with Crippen LogP contribution in [0.4, 0.5) is 17.6 Å². The number of aryl methyl sites for hydroxylation is 1. The summed E-state index contributed by atoms with van der Waals surface area (Å²) in [7, 11) is 0. The summed E-state index contributed by atoms with van der Waals surface area (Å²) in [5.41, 5.74) is -0.758. The zero-order valence-electron chi connectivity index (χ0n) is 10.8. The van der Waals surface area contributed by atoms with E-state index in [2.05, 4.69) is 4.98 Å². The van der Waals surface area contributed by atoms with Gasteiger partial charge < -0.3 is 0 Å². The summed E-state index contributed by atoms with van der Waals surface area (Å²) in [4.78, 5) is 15.8. The van der Waals surface area contributed by atoms with Crippen molar-refractivity contribution in [2.45, 2.75) is 19.0 Å². The predicted octanol–water partition coefficient (Wildman–Crippen LogP) is 4.06. The fraction of sp³-hybridized carbons (Fsp3) is 0.200. The molecule has 0 N–H and O–H groups in total. The Kier molecular flexibility index (Phi) is 4.35. The second-order valence-electron chi connectivity index (χ2n) is 4.48. The molecule has 1 heterocycles. The SMILES string of the molecule is O=C(CCc1cccnc1)c1ccc(F)c(C(F)(F)F)c1. The van der Waals surface area contributed by atoms with Crippen molar-refractivity contribution in [1.82, 2.24) is 4.98 Å². The van der Waals surface area contributed by atoms with E-state index in [0.29, 0.717) is 18.6 Å². The summed E-state index contributed by atoms with van der Waals surface area (Å²) in [5, 5.41) is 0. The molecule has 21 heavy (non-hydrogen) atoms. The maximum Gasteiger partial charge on any atom is 0.419 e. The first kappa shape index (κ1) is 15.2. The minimum absolute atomic E-state index is 0.0363. The first-order valence-electron chi connectivity index (χ1n) is 6.17. The van der Waals surface area contributed by atoms with Crippen molar-refractivity contribution in [1.29, 1.82) is 0 Å². The predicted molar refractivity (Wildman–Crippen MR) is 68.3 cm³/mol. The lowest BCUT2D eigenvalue weighted by Gasteiger charge is -2.09. The minimum Gasteiger partial charge on any atom is -0.294 e. The highest BCUT2D eigenvalue weighted by molar-refractivity contribution is 5.96. The molecule has 0 saturated carbocycles. The molecule has 2 rings (SSSR count). The van der Waals surface area contributed by atoms with Gasteiger partial charge in [0.25, 0.3) is 0 Å². The largest absolute Gasteiger partial charge is 0.419 e. The van der Waals surface area contributed by atoms with E-state index in [9.17, 15) is 22.4 Å². The van der Waals surface area contributed by atoms with Gasteiger partial charge in [-0.25, -0.2) is 4.39 Å². The molecule has 2 nitrogen and oxygen atoms in total. The topological polar surface area (TPSA) is 30.0 Å². The van der Waals surface area contributed by atoms with Crippen molar-refractivity contribution in [3.63, 3.8) is 0 Å². The number of ketones is 1. The number of pyridine rings is 1. The number of alkyl halides is 3. The molecular weight excluding hydrogens is 286 g/mol. The molecule has 0 aliphatic heterocycles. The molecule has 1 aromatic heterocycles. The molecule has 0 atom stereocenters. The maximum atomic E-state index is 13.1. The van der Waals surface area contributed by atoms with E-state index in [1.54, 1.807) is 24.5 Å². The molecule has 0 bridgehead atoms. The summed E-state index contributed by atoms with van der Waals surface area (Å²) >= 11 is 0. The van der Waals surface area contributed by atoms with Crippen LogP contribution in [0.2, 0.25) is 0 Å². The average molecular weight is 297 g/mol. The van der Waals surface area contributed by atoms with E-state index in [0.717, 1.165) is 11.6 Å². The number of rotatable bonds is 4. The van der Waals surface area contributed by atoms with Gasteiger partial charge >= 0.3 is 6.18 Å². The molecule has 0 saturated heterocycles. The fourth-order valence-electron chi connectivity index (χ4n) is 1.86. The highest BCUT2D eigenvalue weighted by atomic mass is 19.4. The lowest BCUT2D eigenvalue weighted by atomic mass is 10.0. The van der Waals surface area contributed by atoms with E-state index >= 15 is 0 Å². The van der Waals surface area contributed by atoms with E-state index in [1.165, 1.54) is 0 Å². The van der Waals surface area contributed by atoms with Gasteiger partial charge in [-0.2, -0.15) is 13.2 Å². The molecule has 0 unspecified atom stereocenters. The molecule has 0 fully saturated rings. The lowest BCUT2D eigenvalue weighted by Crippen LogP contribution is -2.11. The van der Waals surface area contributed by atoms with Crippen molar-refractivity contribution in [3.8, 4) is 0 Å². The van der Waals surface area contributed by atoms with Gasteiger partial charge in [-0.15, -0.1) is 0 Å². The Hall–Kier alpha value is -2.24. The first-order valence-corrected chi connectivity index (χ1v) is 6.17. The number of carbonyl (C=O) groups excluding carboxylic acids is 1. The fourth-order valence-corrected chi connectivity index (χ4v) is 1.86. The number of Topliss-reactive ketones (excluding diaryl/α,β-unsaturated/α-hetero) is 1. The van der Waals surface area contributed by atoms with Crippen molar-refractivity contribution >= 4 is 5.78 Å². The van der Waals surface area contributed by atoms with Gasteiger partial charge in [0.1, 0.15) is 5.82 Å². The Morgan fingerprint density at radius 1 is 1.19 bits per heavy atom. The number of carbonyl (C=O) groups is 1. The van der Waals surface area contributed by atoms with Crippen molar-refractivity contribution in [2.24, 2.45) is 0 Å². The molecule has 0 radical (unpaired) electrons. The van der Waals surface area contributed by atoms with E-state index in [1.807, 2.05) is 0 Å². The van der Waals surface area contributed by atoms with Crippen LogP contribution in [-0.2, 0) is 12.6 Å². The molecule has 0 aliphatic carbocycles. The first-order chi connectivity index (χ1) is 9.88. The Morgan fingerprint density at radius 2 is 1.95 bits per heavy atom. The molecule has 1 aromatic carbocycles. The van der Waals surface area contributed by atoms with Crippen LogP contribution >= 0.6 is 0 Å². The Morgan fingerprint density at radius 3 is 2.57 bits per heavy atom. The number of hydrogen-bond donors (Lipinski definition) is 0. The molecule has 0 spiro atoms.